The average Bonchev–Trinajstić information content (AvgIpc) is 3.40. The van der Waals surface area contributed by atoms with Crippen LogP contribution in [-0.2, 0) is 6.42 Å². The van der Waals surface area contributed by atoms with Crippen LogP contribution in [0.15, 0.2) is 46.9 Å². The number of nitrogens with zero attached hydrogens (tertiary/aromatic N) is 3. The number of hydrogen-bond donors (Lipinski definition) is 2. The number of fused-ring (bicyclic) bond motifs is 1. The summed E-state index contributed by atoms with van der Waals surface area (Å²) in [5.41, 5.74) is 7.90. The number of carbonyl (C=O) groups is 1. The van der Waals surface area contributed by atoms with Gasteiger partial charge in [-0.25, -0.2) is 4.98 Å². The van der Waals surface area contributed by atoms with Gasteiger partial charge in [-0.05, 0) is 37.4 Å². The predicted octanol–water partition coefficient (Wildman–Crippen LogP) is 2.29. The third-order valence-corrected chi connectivity index (χ3v) is 6.64. The molecular formula is C27H33N5O5. The van der Waals surface area contributed by atoms with Gasteiger partial charge in [-0.1, -0.05) is 6.07 Å². The molecule has 2 aromatic heterocycles. The molecular weight excluding hydrogens is 474 g/mol. The van der Waals surface area contributed by atoms with Crippen molar-refractivity contribution in [3.05, 3.63) is 54.0 Å². The Morgan fingerprint density at radius 3 is 2.84 bits per heavy atom. The number of piperazine rings is 1. The number of amides is 1. The SMILES string of the molecule is COc1cc(N)cc(-c2cccc3c2O[C@H](CNC(=O)c2ccc(CCN4CCN(C)CC4)o2)CO3)n1. The summed E-state index contributed by atoms with van der Waals surface area (Å²) in [6.45, 7) is 5.76. The summed E-state index contributed by atoms with van der Waals surface area (Å²) in [5, 5.41) is 2.90. The highest BCUT2D eigenvalue weighted by atomic mass is 16.6. The number of likely N-dealkylation sites (N-methyl/N-ethyl adjacent to an activating group) is 1. The summed E-state index contributed by atoms with van der Waals surface area (Å²) in [4.78, 5) is 22.0. The van der Waals surface area contributed by atoms with E-state index < -0.39 is 0 Å². The normalized spacial score (nSPS) is 17.9. The lowest BCUT2D eigenvalue weighted by molar-refractivity contribution is 0.0775. The average molecular weight is 508 g/mol. The number of nitrogens with one attached hydrogen (secondary N) is 1. The Morgan fingerprint density at radius 1 is 1.19 bits per heavy atom. The quantitative estimate of drug-likeness (QED) is 0.474. The molecule has 10 nitrogen and oxygen atoms in total. The fourth-order valence-electron chi connectivity index (χ4n) is 4.47. The molecule has 1 amide bonds. The van der Waals surface area contributed by atoms with Crippen LogP contribution < -0.4 is 25.3 Å². The van der Waals surface area contributed by atoms with Crippen molar-refractivity contribution in [2.45, 2.75) is 12.5 Å². The molecule has 2 aliphatic rings. The van der Waals surface area contributed by atoms with Gasteiger partial charge in [0.05, 0.1) is 19.3 Å². The van der Waals surface area contributed by atoms with E-state index in [4.69, 9.17) is 24.4 Å². The molecule has 0 radical (unpaired) electrons. The largest absolute Gasteiger partial charge is 0.486 e. The number of benzene rings is 1. The molecule has 1 fully saturated rings. The molecule has 4 heterocycles. The van der Waals surface area contributed by atoms with E-state index in [-0.39, 0.29) is 18.6 Å². The monoisotopic (exact) mass is 507 g/mol. The second kappa shape index (κ2) is 11.1. The summed E-state index contributed by atoms with van der Waals surface area (Å²) in [6, 6.07) is 12.6. The van der Waals surface area contributed by atoms with Crippen molar-refractivity contribution in [1.82, 2.24) is 20.1 Å². The van der Waals surface area contributed by atoms with Gasteiger partial charge in [0.25, 0.3) is 5.91 Å². The topological polar surface area (TPSA) is 115 Å². The van der Waals surface area contributed by atoms with Crippen LogP contribution in [0, 0.1) is 0 Å². The highest BCUT2D eigenvalue weighted by Gasteiger charge is 2.26. The second-order valence-electron chi connectivity index (χ2n) is 9.38. The molecule has 1 atom stereocenters. The van der Waals surface area contributed by atoms with E-state index in [9.17, 15) is 4.79 Å². The molecule has 0 aliphatic carbocycles. The summed E-state index contributed by atoms with van der Waals surface area (Å²) < 4.78 is 23.2. The zero-order chi connectivity index (χ0) is 25.8. The molecule has 5 rings (SSSR count). The molecule has 0 bridgehead atoms. The van der Waals surface area contributed by atoms with E-state index in [0.29, 0.717) is 41.1 Å². The van der Waals surface area contributed by atoms with Crippen molar-refractivity contribution < 1.29 is 23.4 Å². The lowest BCUT2D eigenvalue weighted by Crippen LogP contribution is -2.45. The fourth-order valence-corrected chi connectivity index (χ4v) is 4.47. The molecule has 10 heteroatoms. The minimum atomic E-state index is -0.382. The van der Waals surface area contributed by atoms with Crippen LogP contribution in [0.3, 0.4) is 0 Å². The van der Waals surface area contributed by atoms with E-state index in [1.807, 2.05) is 24.3 Å². The molecule has 0 unspecified atom stereocenters. The van der Waals surface area contributed by atoms with Crippen molar-refractivity contribution in [2.75, 3.05) is 65.8 Å². The molecule has 2 aliphatic heterocycles. The van der Waals surface area contributed by atoms with Crippen molar-refractivity contribution in [1.29, 1.82) is 0 Å². The van der Waals surface area contributed by atoms with Crippen molar-refractivity contribution in [2.24, 2.45) is 0 Å². The first kappa shape index (κ1) is 24.9. The van der Waals surface area contributed by atoms with Gasteiger partial charge in [0.2, 0.25) is 5.88 Å². The van der Waals surface area contributed by atoms with E-state index in [0.717, 1.165) is 50.5 Å². The number of aromatic nitrogens is 1. The van der Waals surface area contributed by atoms with E-state index in [1.165, 1.54) is 0 Å². The van der Waals surface area contributed by atoms with E-state index in [2.05, 4.69) is 27.1 Å². The van der Waals surface area contributed by atoms with Gasteiger partial charge in [-0.15, -0.1) is 0 Å². The minimum absolute atomic E-state index is 0.262. The first-order valence-corrected chi connectivity index (χ1v) is 12.5. The molecule has 0 saturated carbocycles. The molecule has 196 valence electrons. The number of nitrogen functional groups attached to an aromatic ring is 1. The Balaban J connectivity index is 1.18. The first-order valence-electron chi connectivity index (χ1n) is 12.5. The maximum absolute atomic E-state index is 12.7. The number of carbonyl (C=O) groups excluding carboxylic acids is 1. The number of para-hydroxylation sites is 1. The minimum Gasteiger partial charge on any atom is -0.486 e. The third-order valence-electron chi connectivity index (χ3n) is 6.64. The molecule has 37 heavy (non-hydrogen) atoms. The Bertz CT molecular complexity index is 1240. The predicted molar refractivity (Wildman–Crippen MR) is 139 cm³/mol. The summed E-state index contributed by atoms with van der Waals surface area (Å²) in [7, 11) is 3.69. The highest BCUT2D eigenvalue weighted by molar-refractivity contribution is 5.91. The number of methoxy groups -OCH3 is 1. The van der Waals surface area contributed by atoms with Gasteiger partial charge in [-0.2, -0.15) is 0 Å². The van der Waals surface area contributed by atoms with Crippen molar-refractivity contribution >= 4 is 11.6 Å². The zero-order valence-electron chi connectivity index (χ0n) is 21.2. The number of ether oxygens (including phenoxy) is 3. The van der Waals surface area contributed by atoms with E-state index in [1.54, 1.807) is 25.3 Å². The van der Waals surface area contributed by atoms with Gasteiger partial charge in [0.15, 0.2) is 17.3 Å². The maximum atomic E-state index is 12.7. The number of hydrogen-bond acceptors (Lipinski definition) is 9. The number of pyridine rings is 1. The van der Waals surface area contributed by atoms with Crippen molar-refractivity contribution in [3.8, 4) is 28.6 Å². The van der Waals surface area contributed by atoms with Crippen LogP contribution in [0.2, 0.25) is 0 Å². The number of anilines is 1. The second-order valence-corrected chi connectivity index (χ2v) is 9.38. The number of nitrogens with two attached hydrogens (primary N) is 1. The molecule has 3 aromatic rings. The van der Waals surface area contributed by atoms with Crippen LogP contribution in [0.1, 0.15) is 16.3 Å². The lowest BCUT2D eigenvalue weighted by Gasteiger charge is -2.32. The number of rotatable bonds is 8. The lowest BCUT2D eigenvalue weighted by atomic mass is 10.1. The van der Waals surface area contributed by atoms with Gasteiger partial charge in [0, 0.05) is 56.5 Å². The Kier molecular flexibility index (Phi) is 7.47. The van der Waals surface area contributed by atoms with Gasteiger partial charge >= 0.3 is 0 Å². The van der Waals surface area contributed by atoms with Crippen LogP contribution in [0.5, 0.6) is 17.4 Å². The van der Waals surface area contributed by atoms with Crippen LogP contribution >= 0.6 is 0 Å². The number of furan rings is 1. The van der Waals surface area contributed by atoms with Crippen LogP contribution in [0.25, 0.3) is 11.3 Å². The Hall–Kier alpha value is -3.76. The molecule has 1 aromatic carbocycles. The molecule has 0 spiro atoms. The third kappa shape index (κ3) is 5.98. The van der Waals surface area contributed by atoms with Crippen LogP contribution in [0.4, 0.5) is 5.69 Å². The molecule has 3 N–H and O–H groups in total. The Morgan fingerprint density at radius 2 is 2.03 bits per heavy atom. The Labute approximate surface area is 216 Å². The molecule has 1 saturated heterocycles. The summed E-state index contributed by atoms with van der Waals surface area (Å²) in [6.07, 6.45) is 0.395. The smallest absolute Gasteiger partial charge is 0.287 e. The standard InChI is InChI=1S/C27H33N5O5/c1-31-10-12-32(13-11-31)9-8-19-6-7-24(36-19)27(33)29-16-20-17-35-23-5-3-4-21(26(23)37-20)22-14-18(28)15-25(30-22)34-2/h3-7,14-15,20H,8-13,16-17H2,1-2H3,(H2,28,30)(H,29,33)/t20-/m1/s1. The van der Waals surface area contributed by atoms with Crippen molar-refractivity contribution in [3.63, 3.8) is 0 Å². The zero-order valence-corrected chi connectivity index (χ0v) is 21.2. The van der Waals surface area contributed by atoms with Gasteiger partial charge in [0.1, 0.15) is 18.5 Å². The fraction of sp³-hybridized carbons (Fsp3) is 0.407. The van der Waals surface area contributed by atoms with Gasteiger partial charge < -0.3 is 39.5 Å². The van der Waals surface area contributed by atoms with Crippen LogP contribution in [-0.4, -0.2) is 86.8 Å². The maximum Gasteiger partial charge on any atom is 0.287 e. The summed E-state index contributed by atoms with van der Waals surface area (Å²) in [5.74, 6) is 2.40. The highest BCUT2D eigenvalue weighted by Crippen LogP contribution is 2.41. The van der Waals surface area contributed by atoms with Gasteiger partial charge in [-0.3, -0.25) is 4.79 Å². The first-order chi connectivity index (χ1) is 18.0. The summed E-state index contributed by atoms with van der Waals surface area (Å²) >= 11 is 0. The van der Waals surface area contributed by atoms with E-state index >= 15 is 0 Å².